The minimum atomic E-state index is -2.38. The number of rotatable bonds is 6. The molecule has 3 N–H and O–H groups in total. The molecule has 3 fully saturated rings. The highest BCUT2D eigenvalue weighted by molar-refractivity contribution is 7.99. The topological polar surface area (TPSA) is 186 Å². The van der Waals surface area contributed by atoms with E-state index in [1.54, 1.807) is 45.7 Å². The van der Waals surface area contributed by atoms with Gasteiger partial charge in [-0.15, -0.1) is 0 Å². The number of allylic oxidation sites excluding steroid dienone is 6. The Hall–Kier alpha value is -2.98. The van der Waals surface area contributed by atoms with E-state index in [-0.39, 0.29) is 60.1 Å². The van der Waals surface area contributed by atoms with Crippen LogP contribution < -0.4 is 0 Å². The van der Waals surface area contributed by atoms with Crippen molar-refractivity contribution in [2.75, 3.05) is 27.0 Å². The lowest BCUT2D eigenvalue weighted by Gasteiger charge is -2.42. The Morgan fingerprint density at radius 2 is 1.62 bits per heavy atom. The Morgan fingerprint density at radius 3 is 2.29 bits per heavy atom. The molecule has 4 rings (SSSR count). The van der Waals surface area contributed by atoms with E-state index in [1.807, 2.05) is 64.3 Å². The molecule has 65 heavy (non-hydrogen) atoms. The van der Waals surface area contributed by atoms with Gasteiger partial charge in [-0.3, -0.25) is 19.2 Å². The highest BCUT2D eigenvalue weighted by atomic mass is 32.2. The summed E-state index contributed by atoms with van der Waals surface area (Å²) in [5.74, 6) is -7.73. The van der Waals surface area contributed by atoms with Crippen LogP contribution in [0.5, 0.6) is 0 Å². The van der Waals surface area contributed by atoms with Gasteiger partial charge >= 0.3 is 5.97 Å². The number of methoxy groups -OCH3 is 2. The zero-order valence-electron chi connectivity index (χ0n) is 40.6. The number of ketones is 3. The number of Topliss-reactive ketones (excluding diaryl/α,β-unsaturated/α-hetero) is 3. The van der Waals surface area contributed by atoms with Crippen molar-refractivity contribution in [3.63, 3.8) is 0 Å². The second-order valence-electron chi connectivity index (χ2n) is 19.6. The number of esters is 1. The van der Waals surface area contributed by atoms with Gasteiger partial charge in [-0.05, 0) is 114 Å². The number of piperidine rings is 1. The van der Waals surface area contributed by atoms with E-state index in [4.69, 9.17) is 18.9 Å². The number of carbonyl (C=O) groups excluding carboxylic acids is 5. The number of cyclic esters (lactones) is 1. The fourth-order valence-corrected chi connectivity index (χ4v) is 11.0. The number of nitrogens with zero attached hydrogens (tertiary/aromatic N) is 1. The molecular weight excluding hydrogens is 851 g/mol. The van der Waals surface area contributed by atoms with Crippen molar-refractivity contribution in [2.45, 2.75) is 179 Å². The molecule has 15 atom stereocenters. The third-order valence-corrected chi connectivity index (χ3v) is 15.6. The van der Waals surface area contributed by atoms with Crippen LogP contribution in [0.4, 0.5) is 0 Å². The lowest BCUT2D eigenvalue weighted by molar-refractivity contribution is -0.263. The van der Waals surface area contributed by atoms with Crippen LogP contribution in [0.1, 0.15) is 126 Å². The van der Waals surface area contributed by atoms with Crippen molar-refractivity contribution >= 4 is 41.0 Å². The molecule has 1 saturated carbocycles. The summed E-state index contributed by atoms with van der Waals surface area (Å²) in [5.41, 5.74) is 1.46. The molecule has 0 aromatic rings. The van der Waals surface area contributed by atoms with E-state index in [2.05, 4.69) is 0 Å². The largest absolute Gasteiger partial charge is 0.460 e. The van der Waals surface area contributed by atoms with E-state index in [1.165, 1.54) is 12.0 Å². The standard InChI is InChI=1S/C51H79NO12S/c1-30-16-12-11-13-17-31(2)44(65-10)28-38-21-19-36(7)51(60,64-38)48(57)49(58)52-23-15-14-18-39(52)50(59)63-42(33(4)26-37-20-22-40(53)43(27-37)61-8)29-41(54)32(3)25-35(6)46(56)47(62-9)45(55)34(5)24-30/h11-13,16-17,25,30,32-34,36-40,42-44,46-47,53,56,60H,14-15,18-24,26-29H2,1-10H3/b13-11+,16-12+,31-17+,35-25+/t30-,32-,33-,34-,36-,37-,38+,39+,40-,42+,43-,44-,46-,47+,51-/m1/s1. The Labute approximate surface area is 392 Å². The molecule has 3 heterocycles. The summed E-state index contributed by atoms with van der Waals surface area (Å²) in [6.07, 6.45) is 14.4. The zero-order chi connectivity index (χ0) is 48.2. The van der Waals surface area contributed by atoms with Crippen molar-refractivity contribution in [1.29, 1.82) is 0 Å². The zero-order valence-corrected chi connectivity index (χ0v) is 41.4. The third kappa shape index (κ3) is 14.5. The van der Waals surface area contributed by atoms with Crippen LogP contribution in [0, 0.1) is 35.5 Å². The average Bonchev–Trinajstić information content (AvgIpc) is 3.28. The Kier molecular flexibility index (Phi) is 21.3. The van der Waals surface area contributed by atoms with Crippen LogP contribution in [0.2, 0.25) is 0 Å². The number of aliphatic hydroxyl groups excluding tert-OH is 2. The van der Waals surface area contributed by atoms with Gasteiger partial charge in [0.1, 0.15) is 30.1 Å². The molecule has 366 valence electrons. The summed E-state index contributed by atoms with van der Waals surface area (Å²) < 4.78 is 23.6. The lowest BCUT2D eigenvalue weighted by Crippen LogP contribution is -2.60. The van der Waals surface area contributed by atoms with E-state index in [9.17, 15) is 39.3 Å². The van der Waals surface area contributed by atoms with E-state index < -0.39 is 77.8 Å². The summed E-state index contributed by atoms with van der Waals surface area (Å²) >= 11 is 1.63. The van der Waals surface area contributed by atoms with Crippen molar-refractivity contribution in [1.82, 2.24) is 4.90 Å². The number of thioether (sulfide) groups is 1. The summed E-state index contributed by atoms with van der Waals surface area (Å²) in [7, 11) is 2.96. The number of ether oxygens (including phenoxy) is 4. The molecule has 4 aliphatic rings. The number of aliphatic hydroxyl groups is 3. The second-order valence-corrected chi connectivity index (χ2v) is 20.6. The maximum atomic E-state index is 14.4. The maximum absolute atomic E-state index is 14.4. The number of hydrogen-bond donors (Lipinski definition) is 3. The van der Waals surface area contributed by atoms with Crippen LogP contribution in [-0.4, -0.2) is 130 Å². The van der Waals surface area contributed by atoms with Gasteiger partial charge in [0.25, 0.3) is 11.7 Å². The summed E-state index contributed by atoms with van der Waals surface area (Å²) in [6.45, 7) is 12.9. The SMILES string of the molecule is CO[C@@H]1C[C@@H](C[C@@H](C)[C@@H]2CC(=O)[C@H](C)/C=C(\C)[C@@H](O)[C@@H](OC)C(=O)[C@H](C)C[C@H](C)/C=C/C=C/C=C(\C)[C@H](SC)C[C@@H]3CC[C@@H](C)[C@@](O)(O3)C(=O)C(=O)N3CCCC[C@H]3C(=O)O2)CC[C@H]1O. The van der Waals surface area contributed by atoms with Gasteiger partial charge in [-0.1, -0.05) is 76.6 Å². The number of carbonyl (C=O) groups is 5. The molecule has 2 saturated heterocycles. The van der Waals surface area contributed by atoms with E-state index in [0.717, 1.165) is 12.0 Å². The molecular formula is C51H79NO12S. The van der Waals surface area contributed by atoms with Crippen LogP contribution in [0.15, 0.2) is 47.6 Å². The van der Waals surface area contributed by atoms with Crippen molar-refractivity contribution in [3.8, 4) is 0 Å². The van der Waals surface area contributed by atoms with Crippen LogP contribution in [-0.2, 0) is 42.9 Å². The van der Waals surface area contributed by atoms with Gasteiger partial charge < -0.3 is 39.2 Å². The van der Waals surface area contributed by atoms with Crippen molar-refractivity contribution in [2.24, 2.45) is 35.5 Å². The molecule has 0 spiro atoms. The van der Waals surface area contributed by atoms with Gasteiger partial charge in [-0.2, -0.15) is 11.8 Å². The Balaban J connectivity index is 1.70. The molecule has 1 amide bonds. The van der Waals surface area contributed by atoms with Gasteiger partial charge in [-0.25, -0.2) is 4.79 Å². The highest BCUT2D eigenvalue weighted by Crippen LogP contribution is 2.38. The highest BCUT2D eigenvalue weighted by Gasteiger charge is 2.53. The Morgan fingerprint density at radius 1 is 0.892 bits per heavy atom. The van der Waals surface area contributed by atoms with E-state index >= 15 is 0 Å². The molecule has 14 heteroatoms. The van der Waals surface area contributed by atoms with Crippen LogP contribution in [0.3, 0.4) is 0 Å². The first kappa shape index (κ1) is 54.6. The number of amides is 1. The summed E-state index contributed by atoms with van der Waals surface area (Å²) in [5, 5.41) is 33.9. The molecule has 13 nitrogen and oxygen atoms in total. The predicted octanol–water partition coefficient (Wildman–Crippen LogP) is 6.90. The first-order chi connectivity index (χ1) is 30.7. The molecule has 0 unspecified atom stereocenters. The first-order valence-corrected chi connectivity index (χ1v) is 25.2. The molecule has 0 aromatic heterocycles. The fourth-order valence-electron chi connectivity index (χ4n) is 10.1. The normalized spacial score (nSPS) is 40.4. The minimum absolute atomic E-state index is 0.000885. The summed E-state index contributed by atoms with van der Waals surface area (Å²) in [6, 6.07) is -1.12. The minimum Gasteiger partial charge on any atom is -0.460 e. The predicted molar refractivity (Wildman–Crippen MR) is 252 cm³/mol. The molecule has 0 aromatic carbocycles. The quantitative estimate of drug-likeness (QED) is 0.142. The molecule has 3 aliphatic heterocycles. The fraction of sp³-hybridized carbons (Fsp3) is 0.745. The van der Waals surface area contributed by atoms with Crippen LogP contribution in [0.25, 0.3) is 0 Å². The lowest BCUT2D eigenvalue weighted by atomic mass is 9.78. The number of fused-ring (bicyclic) bond motifs is 3. The number of hydrogen-bond acceptors (Lipinski definition) is 13. The third-order valence-electron chi connectivity index (χ3n) is 14.5. The summed E-state index contributed by atoms with van der Waals surface area (Å²) in [4.78, 5) is 71.9. The van der Waals surface area contributed by atoms with Gasteiger partial charge in [0.15, 0.2) is 5.78 Å². The Bertz CT molecular complexity index is 1760. The van der Waals surface area contributed by atoms with Crippen molar-refractivity contribution < 1.29 is 58.2 Å². The second kappa shape index (κ2) is 25.4. The monoisotopic (exact) mass is 930 g/mol. The smallest absolute Gasteiger partial charge is 0.329 e. The molecule has 1 aliphatic carbocycles. The average molecular weight is 930 g/mol. The van der Waals surface area contributed by atoms with Gasteiger partial charge in [0.05, 0.1) is 18.3 Å². The van der Waals surface area contributed by atoms with E-state index in [0.29, 0.717) is 63.4 Å². The van der Waals surface area contributed by atoms with Gasteiger partial charge in [0.2, 0.25) is 5.79 Å². The molecule has 2 bridgehead atoms. The molecule has 0 radical (unpaired) electrons. The maximum Gasteiger partial charge on any atom is 0.329 e. The van der Waals surface area contributed by atoms with Gasteiger partial charge in [0, 0.05) is 50.2 Å². The first-order valence-electron chi connectivity index (χ1n) is 23.9. The van der Waals surface area contributed by atoms with Crippen LogP contribution >= 0.6 is 11.8 Å². The van der Waals surface area contributed by atoms with Crippen molar-refractivity contribution in [3.05, 3.63) is 47.6 Å².